The van der Waals surface area contributed by atoms with Crippen LogP contribution in [0.5, 0.6) is 0 Å². The molecule has 5 saturated heterocycles. The Morgan fingerprint density at radius 3 is 1.84 bits per heavy atom. The number of ether oxygens (including phenoxy) is 11. The smallest absolute Gasteiger partial charge is 0.726 e. The number of allylic oxidation sites excluding steroid dienone is 2. The van der Waals surface area contributed by atoms with Crippen molar-refractivity contribution in [2.45, 2.75) is 241 Å². The zero-order valence-electron chi connectivity index (χ0n) is 50.4. The number of Topliss-reactive ketones (excluding diaryl/α,β-unsaturated/α-hetero) is 1. The second-order valence-electron chi connectivity index (χ2n) is 25.7. The number of carbonyl (C=O) groups is 1. The summed E-state index contributed by atoms with van der Waals surface area (Å²) in [6.45, 7) is 10.6. The van der Waals surface area contributed by atoms with Crippen molar-refractivity contribution in [3.8, 4) is 0 Å². The first-order valence-electron chi connectivity index (χ1n) is 28.8. The third kappa shape index (κ3) is 14.6. The molecule has 8 fully saturated rings. The van der Waals surface area contributed by atoms with Gasteiger partial charge in [0.25, 0.3) is 0 Å². The second-order valence-corrected chi connectivity index (χ2v) is 27.8. The number of aliphatic hydroxyl groups is 10. The number of carbonyl (C=O) groups excluding carboxylic acids is 1. The molecule has 5 aliphatic heterocycles. The van der Waals surface area contributed by atoms with Crippen molar-refractivity contribution in [1.82, 2.24) is 0 Å². The van der Waals surface area contributed by atoms with E-state index in [1.54, 1.807) is 6.92 Å². The number of methoxy groups -OCH3 is 1. The Kier molecular flexibility index (Phi) is 24.5. The van der Waals surface area contributed by atoms with Gasteiger partial charge in [0.1, 0.15) is 110 Å². The fourth-order valence-corrected chi connectivity index (χ4v) is 16.6. The van der Waals surface area contributed by atoms with Gasteiger partial charge in [0.2, 0.25) is 20.8 Å². The van der Waals surface area contributed by atoms with Crippen LogP contribution < -0.4 is 59.1 Å². The molecule has 9 aliphatic rings. The van der Waals surface area contributed by atoms with Crippen LogP contribution in [-0.2, 0) is 86.1 Å². The van der Waals surface area contributed by atoms with Crippen LogP contribution in [0.25, 0.3) is 0 Å². The van der Waals surface area contributed by atoms with E-state index in [1.165, 1.54) is 12.5 Å². The number of hydrogen-bond donors (Lipinski definition) is 10. The molecule has 0 amide bonds. The SMILES string of the molecule is CO[C@@H]1[C@@H](O)[C@H](O[C@@H]2[C@@H](O)[C@H](O[C@H]3[C@H](O)[C@@H](O[C@@H]4OC[C@@H](O)[C@H](O)[C@H]4O)[C@H](O[C@H]4[C@H](O[C@H]5CC[C@]6(C)[C@H]7CC[C@]8(C)[C@@H](C(C)=O)CC[C@@]8(C)C7=CC[C@H]6C5(C)C)OC[C@@H](OS(=O)(=O)[O-])[C@@H]4O)O[C@@H]3C)O[C@H](COS(=O)(=O)[O-])[C@H]2O)O[C@H](CO)[C@H]1O.[Na+].[Na+]. The van der Waals surface area contributed by atoms with Crippen molar-refractivity contribution in [2.75, 3.05) is 33.5 Å². The van der Waals surface area contributed by atoms with Crippen molar-refractivity contribution in [2.24, 2.45) is 39.4 Å². The zero-order chi connectivity index (χ0) is 62.4. The molecule has 0 unspecified atom stereocenters. The minimum atomic E-state index is -5.52. The summed E-state index contributed by atoms with van der Waals surface area (Å²) in [5, 5.41) is 111. The number of rotatable bonds is 18. The Morgan fingerprint density at radius 1 is 0.632 bits per heavy atom. The topological polar surface area (TPSA) is 454 Å². The Hall–Kier alpha value is 0.310. The molecular weight excluding hydrogens is 1230 g/mol. The molecule has 30 nitrogen and oxygen atoms in total. The van der Waals surface area contributed by atoms with Crippen LogP contribution in [-0.4, -0.2) is 264 Å². The van der Waals surface area contributed by atoms with Crippen LogP contribution in [0.4, 0.5) is 0 Å². The first kappa shape index (κ1) is 74.7. The Morgan fingerprint density at radius 2 is 1.22 bits per heavy atom. The second kappa shape index (κ2) is 28.6. The van der Waals surface area contributed by atoms with Gasteiger partial charge < -0.3 is 112 Å². The number of hydrogen-bond acceptors (Lipinski definition) is 30. The molecule has 9 rings (SSSR count). The fourth-order valence-electron chi connectivity index (χ4n) is 15.9. The summed E-state index contributed by atoms with van der Waals surface area (Å²) >= 11 is 0. The number of fused-ring (bicyclic) bond motifs is 5. The minimum Gasteiger partial charge on any atom is -0.726 e. The first-order valence-corrected chi connectivity index (χ1v) is 31.5. The molecular formula is C53H84Na2O30S2. The summed E-state index contributed by atoms with van der Waals surface area (Å²) in [5.74, 6) is 0.412. The van der Waals surface area contributed by atoms with Gasteiger partial charge in [-0.1, -0.05) is 46.3 Å². The number of aliphatic hydroxyl groups excluding tert-OH is 10. The standard InChI is InChI=1S/C53H86O30S2.2Na/c1-21(55)23-11-15-53(7)25-9-10-30-50(3,4)31(13-14-51(30,5)24(25)12-16-52(23,53)6)78-48-43(35(60)29(19-73-48)83-85(68,69)70)82-49-44(81-45-36(61)32(57)26(56)18-72-45)37(62)40(22(2)75-49)79-47-39(64)42(34(59)28(77-47)20-74-84(65,66)67)80-46-38(63)41(71-8)33(58)27(17-54)76-46;;/h9,22-24,26-49,54,56-64H,10-20H2,1-8H3,(H,65,66,67)(H,68,69,70);;/q;2*+1/p-2/t22-,23-,24+,26-,27-,28-,29-,30+,31+,32+,33-,34-,35+,36-,37+,38-,39-,40-,41+,42+,43-,44-,45+,46+,47+,48+,49+,51-,52-,53+;;/m1../s1. The van der Waals surface area contributed by atoms with Crippen LogP contribution in [0.2, 0.25) is 0 Å². The van der Waals surface area contributed by atoms with E-state index in [4.69, 9.17) is 56.3 Å². The van der Waals surface area contributed by atoms with E-state index < -0.39 is 200 Å². The van der Waals surface area contributed by atoms with Gasteiger partial charge in [-0.05, 0) is 92.3 Å². The molecule has 10 N–H and O–H groups in total. The van der Waals surface area contributed by atoms with E-state index in [2.05, 4.69) is 44.9 Å². The van der Waals surface area contributed by atoms with Gasteiger partial charge in [0.15, 0.2) is 31.5 Å². The summed E-state index contributed by atoms with van der Waals surface area (Å²) in [6, 6.07) is 0. The molecule has 490 valence electrons. The molecule has 0 bridgehead atoms. The maximum Gasteiger partial charge on any atom is 1.00 e. The maximum absolute atomic E-state index is 13.0. The quantitative estimate of drug-likeness (QED) is 0.0264. The molecule has 87 heavy (non-hydrogen) atoms. The average molecular weight is 1310 g/mol. The van der Waals surface area contributed by atoms with E-state index in [0.29, 0.717) is 19.3 Å². The third-order valence-corrected chi connectivity index (χ3v) is 21.6. The van der Waals surface area contributed by atoms with Gasteiger partial charge in [-0.3, -0.25) is 13.2 Å². The van der Waals surface area contributed by atoms with Crippen molar-refractivity contribution < 1.29 is 201 Å². The molecule has 0 aromatic heterocycles. The van der Waals surface area contributed by atoms with Crippen molar-refractivity contribution in [3.63, 3.8) is 0 Å². The summed E-state index contributed by atoms with van der Waals surface area (Å²) in [7, 11) is -9.90. The zero-order valence-corrected chi connectivity index (χ0v) is 56.0. The molecule has 34 heteroatoms. The summed E-state index contributed by atoms with van der Waals surface area (Å²) < 4.78 is 146. The van der Waals surface area contributed by atoms with E-state index in [-0.39, 0.29) is 98.9 Å². The maximum atomic E-state index is 13.0. The van der Waals surface area contributed by atoms with Crippen LogP contribution in [0.1, 0.15) is 93.4 Å². The van der Waals surface area contributed by atoms with Crippen molar-refractivity contribution in [3.05, 3.63) is 11.6 Å². The molecule has 30 atom stereocenters. The summed E-state index contributed by atoms with van der Waals surface area (Å²) in [4.78, 5) is 13.0. The molecule has 0 spiro atoms. The van der Waals surface area contributed by atoms with E-state index in [1.807, 2.05) is 0 Å². The van der Waals surface area contributed by atoms with Gasteiger partial charge >= 0.3 is 59.1 Å². The van der Waals surface area contributed by atoms with E-state index >= 15 is 0 Å². The molecule has 0 aromatic carbocycles. The van der Waals surface area contributed by atoms with Crippen molar-refractivity contribution in [1.29, 1.82) is 0 Å². The van der Waals surface area contributed by atoms with Gasteiger partial charge in [0.05, 0.1) is 38.6 Å². The van der Waals surface area contributed by atoms with Crippen LogP contribution in [0.3, 0.4) is 0 Å². The predicted molar refractivity (Wildman–Crippen MR) is 277 cm³/mol. The monoisotopic (exact) mass is 1310 g/mol. The van der Waals surface area contributed by atoms with E-state index in [0.717, 1.165) is 32.8 Å². The molecule has 5 heterocycles. The minimum absolute atomic E-state index is 0. The molecule has 3 saturated carbocycles. The predicted octanol–water partition coefficient (Wildman–Crippen LogP) is -9.40. The van der Waals surface area contributed by atoms with Crippen LogP contribution in [0.15, 0.2) is 11.6 Å². The fraction of sp³-hybridized carbons (Fsp3) is 0.943. The van der Waals surface area contributed by atoms with Crippen molar-refractivity contribution >= 4 is 26.6 Å². The van der Waals surface area contributed by atoms with E-state index in [9.17, 15) is 81.8 Å². The molecule has 0 radical (unpaired) electrons. The first-order chi connectivity index (χ1) is 39.6. The largest absolute Gasteiger partial charge is 1.00 e. The Labute approximate surface area is 549 Å². The Balaban J connectivity index is 0.00000541. The van der Waals surface area contributed by atoms with Gasteiger partial charge in [-0.15, -0.1) is 0 Å². The third-order valence-electron chi connectivity index (χ3n) is 20.7. The molecule has 0 aromatic rings. The van der Waals surface area contributed by atoms with Gasteiger partial charge in [-0.2, -0.15) is 0 Å². The number of ketones is 1. The van der Waals surface area contributed by atoms with Gasteiger partial charge in [-0.25, -0.2) is 16.8 Å². The summed E-state index contributed by atoms with van der Waals surface area (Å²) in [5.41, 5.74) is 0.184. The van der Waals surface area contributed by atoms with Crippen LogP contribution in [0, 0.1) is 39.4 Å². The normalized spacial score (nSPS) is 49.2. The van der Waals surface area contributed by atoms with Crippen LogP contribution >= 0.6 is 0 Å². The molecule has 4 aliphatic carbocycles. The Bertz CT molecular complexity index is 2610. The van der Waals surface area contributed by atoms with Gasteiger partial charge in [0, 0.05) is 13.0 Å². The summed E-state index contributed by atoms with van der Waals surface area (Å²) in [6.07, 6.45) is -36.4. The average Bonchev–Trinajstić information content (AvgIpc) is 1.69.